The molecular weight excluding hydrogens is 368 g/mol. The van der Waals surface area contributed by atoms with Crippen molar-refractivity contribution in [3.8, 4) is 0 Å². The largest absolute Gasteiger partial charge is 0.347 e. The first kappa shape index (κ1) is 20.7. The Bertz CT molecular complexity index is 773. The number of Topliss-reactive ketones (excluding diaryl/α,β-unsaturated/α-hetero) is 1. The molecule has 28 heavy (non-hydrogen) atoms. The van der Waals surface area contributed by atoms with Gasteiger partial charge >= 0.3 is 0 Å². The first-order valence-corrected chi connectivity index (χ1v) is 10.9. The summed E-state index contributed by atoms with van der Waals surface area (Å²) in [5, 5.41) is 5.28. The number of piperidine rings is 1. The highest BCUT2D eigenvalue weighted by molar-refractivity contribution is 7.10. The molecule has 0 spiro atoms. The van der Waals surface area contributed by atoms with Crippen LogP contribution in [0.15, 0.2) is 47.8 Å². The molecule has 1 aromatic carbocycles. The summed E-state index contributed by atoms with van der Waals surface area (Å²) in [6.07, 6.45) is 1.63. The molecule has 1 aliphatic heterocycles. The molecule has 1 aliphatic rings. The van der Waals surface area contributed by atoms with Crippen molar-refractivity contribution in [3.05, 3.63) is 58.3 Å². The van der Waals surface area contributed by atoms with Gasteiger partial charge in [0, 0.05) is 16.4 Å². The molecule has 0 radical (unpaired) electrons. The van der Waals surface area contributed by atoms with E-state index in [0.717, 1.165) is 31.5 Å². The second kappa shape index (κ2) is 9.01. The molecule has 0 saturated carbocycles. The lowest BCUT2D eigenvalue weighted by Gasteiger charge is -2.33. The van der Waals surface area contributed by atoms with Gasteiger partial charge in [-0.15, -0.1) is 11.3 Å². The summed E-state index contributed by atoms with van der Waals surface area (Å²) in [5.41, 5.74) is 0.748. The number of nitrogens with zero attached hydrogens (tertiary/aromatic N) is 1. The third-order valence-electron chi connectivity index (χ3n) is 5.38. The Morgan fingerprint density at radius 1 is 1.11 bits per heavy atom. The number of thiophene rings is 1. The minimum absolute atomic E-state index is 0.0113. The smallest absolute Gasteiger partial charge is 0.234 e. The lowest BCUT2D eigenvalue weighted by atomic mass is 9.85. The SMILES string of the molecule is CC(C)(C)C(NC(=O)CN1CCC(C(=O)c2ccccc2)CC1)c1cccs1. The van der Waals surface area contributed by atoms with Gasteiger partial charge in [0.15, 0.2) is 5.78 Å². The van der Waals surface area contributed by atoms with Gasteiger partial charge in [-0.25, -0.2) is 0 Å². The fourth-order valence-corrected chi connectivity index (χ4v) is 4.79. The van der Waals surface area contributed by atoms with Crippen LogP contribution < -0.4 is 5.32 Å². The first-order chi connectivity index (χ1) is 13.3. The standard InChI is InChI=1S/C23H30N2O2S/c1-23(2,3)22(19-10-7-15-28-19)24-20(26)16-25-13-11-18(12-14-25)21(27)17-8-5-4-6-9-17/h4-10,15,18,22H,11-14,16H2,1-3H3,(H,24,26). The molecule has 1 N–H and O–H groups in total. The fourth-order valence-electron chi connectivity index (χ4n) is 3.77. The zero-order chi connectivity index (χ0) is 20.1. The topological polar surface area (TPSA) is 49.4 Å². The van der Waals surface area contributed by atoms with Gasteiger partial charge in [-0.2, -0.15) is 0 Å². The number of carbonyl (C=O) groups is 2. The average Bonchev–Trinajstić information content (AvgIpc) is 3.20. The molecule has 1 amide bonds. The van der Waals surface area contributed by atoms with Crippen molar-refractivity contribution < 1.29 is 9.59 Å². The predicted octanol–water partition coefficient (Wildman–Crippen LogP) is 4.55. The van der Waals surface area contributed by atoms with E-state index >= 15 is 0 Å². The van der Waals surface area contributed by atoms with E-state index in [-0.39, 0.29) is 29.1 Å². The van der Waals surface area contributed by atoms with Crippen molar-refractivity contribution in [1.82, 2.24) is 10.2 Å². The van der Waals surface area contributed by atoms with Crippen LogP contribution in [0.1, 0.15) is 54.9 Å². The molecule has 2 aromatic rings. The molecule has 0 aliphatic carbocycles. The van der Waals surface area contributed by atoms with Crippen molar-refractivity contribution >= 4 is 23.0 Å². The van der Waals surface area contributed by atoms with Crippen LogP contribution in [-0.4, -0.2) is 36.2 Å². The Morgan fingerprint density at radius 2 is 1.79 bits per heavy atom. The Labute approximate surface area is 172 Å². The lowest BCUT2D eigenvalue weighted by Crippen LogP contribution is -2.45. The Kier molecular flexibility index (Phi) is 6.68. The molecule has 150 valence electrons. The zero-order valence-corrected chi connectivity index (χ0v) is 17.8. The summed E-state index contributed by atoms with van der Waals surface area (Å²) in [6.45, 7) is 8.42. The van der Waals surface area contributed by atoms with Gasteiger partial charge in [-0.1, -0.05) is 57.2 Å². The maximum atomic E-state index is 12.7. The monoisotopic (exact) mass is 398 g/mol. The molecule has 3 rings (SSSR count). The highest BCUT2D eigenvalue weighted by atomic mass is 32.1. The van der Waals surface area contributed by atoms with Crippen molar-refractivity contribution in [2.75, 3.05) is 19.6 Å². The number of amides is 1. The summed E-state index contributed by atoms with van der Waals surface area (Å²) in [7, 11) is 0. The van der Waals surface area contributed by atoms with E-state index in [1.54, 1.807) is 11.3 Å². The van der Waals surface area contributed by atoms with Gasteiger partial charge in [0.25, 0.3) is 0 Å². The van der Waals surface area contributed by atoms with E-state index in [4.69, 9.17) is 0 Å². The van der Waals surface area contributed by atoms with Gasteiger partial charge in [0.2, 0.25) is 5.91 Å². The van der Waals surface area contributed by atoms with E-state index in [1.807, 2.05) is 36.4 Å². The van der Waals surface area contributed by atoms with Gasteiger partial charge < -0.3 is 5.32 Å². The minimum Gasteiger partial charge on any atom is -0.347 e. The van der Waals surface area contributed by atoms with Crippen molar-refractivity contribution in [3.63, 3.8) is 0 Å². The Hall–Kier alpha value is -1.98. The molecule has 4 nitrogen and oxygen atoms in total. The first-order valence-electron chi connectivity index (χ1n) is 9.99. The summed E-state index contributed by atoms with van der Waals surface area (Å²) in [6, 6.07) is 13.6. The molecule has 5 heteroatoms. The van der Waals surface area contributed by atoms with Crippen LogP contribution in [-0.2, 0) is 4.79 Å². The highest BCUT2D eigenvalue weighted by Gasteiger charge is 2.30. The Morgan fingerprint density at radius 3 is 2.36 bits per heavy atom. The van der Waals surface area contributed by atoms with Crippen LogP contribution in [0.4, 0.5) is 0 Å². The number of likely N-dealkylation sites (tertiary alicyclic amines) is 1. The van der Waals surface area contributed by atoms with Crippen LogP contribution in [0.25, 0.3) is 0 Å². The molecule has 0 bridgehead atoms. The second-order valence-electron chi connectivity index (χ2n) is 8.66. The van der Waals surface area contributed by atoms with Crippen LogP contribution >= 0.6 is 11.3 Å². The van der Waals surface area contributed by atoms with Gasteiger partial charge in [-0.05, 0) is 42.8 Å². The van der Waals surface area contributed by atoms with Crippen LogP contribution in [0.3, 0.4) is 0 Å². The van der Waals surface area contributed by atoms with Gasteiger partial charge in [0.05, 0.1) is 12.6 Å². The highest BCUT2D eigenvalue weighted by Crippen LogP contribution is 2.35. The van der Waals surface area contributed by atoms with Gasteiger partial charge in [0.1, 0.15) is 0 Å². The molecule has 1 fully saturated rings. The molecule has 1 aromatic heterocycles. The average molecular weight is 399 g/mol. The zero-order valence-electron chi connectivity index (χ0n) is 17.0. The van der Waals surface area contributed by atoms with Crippen molar-refractivity contribution in [2.24, 2.45) is 11.3 Å². The normalized spacial score (nSPS) is 17.2. The number of rotatable bonds is 6. The molecule has 1 unspecified atom stereocenters. The quantitative estimate of drug-likeness (QED) is 0.727. The molecule has 2 heterocycles. The summed E-state index contributed by atoms with van der Waals surface area (Å²) in [5.74, 6) is 0.353. The molecule has 1 saturated heterocycles. The van der Waals surface area contributed by atoms with E-state index in [0.29, 0.717) is 6.54 Å². The third-order valence-corrected chi connectivity index (χ3v) is 6.32. The maximum Gasteiger partial charge on any atom is 0.234 e. The molecule has 1 atom stereocenters. The fraction of sp³-hybridized carbons (Fsp3) is 0.478. The maximum absolute atomic E-state index is 12.7. The number of benzene rings is 1. The third kappa shape index (κ3) is 5.30. The summed E-state index contributed by atoms with van der Waals surface area (Å²) >= 11 is 1.68. The van der Waals surface area contributed by atoms with Crippen LogP contribution in [0.2, 0.25) is 0 Å². The number of hydrogen-bond donors (Lipinski definition) is 1. The van der Waals surface area contributed by atoms with Crippen molar-refractivity contribution in [2.45, 2.75) is 39.7 Å². The second-order valence-corrected chi connectivity index (χ2v) is 9.64. The van der Waals surface area contributed by atoms with E-state index in [1.165, 1.54) is 4.88 Å². The van der Waals surface area contributed by atoms with E-state index in [2.05, 4.69) is 42.4 Å². The number of carbonyl (C=O) groups excluding carboxylic acids is 2. The number of nitrogens with one attached hydrogen (secondary N) is 1. The van der Waals surface area contributed by atoms with Gasteiger partial charge in [-0.3, -0.25) is 14.5 Å². The van der Waals surface area contributed by atoms with E-state index in [9.17, 15) is 9.59 Å². The van der Waals surface area contributed by atoms with Crippen LogP contribution in [0.5, 0.6) is 0 Å². The lowest BCUT2D eigenvalue weighted by molar-refractivity contribution is -0.124. The van der Waals surface area contributed by atoms with Crippen LogP contribution in [0, 0.1) is 11.3 Å². The number of hydrogen-bond acceptors (Lipinski definition) is 4. The predicted molar refractivity (Wildman–Crippen MR) is 115 cm³/mol. The Balaban J connectivity index is 1.51. The summed E-state index contributed by atoms with van der Waals surface area (Å²) in [4.78, 5) is 28.7. The van der Waals surface area contributed by atoms with E-state index < -0.39 is 0 Å². The minimum atomic E-state index is -0.0460. The number of ketones is 1. The van der Waals surface area contributed by atoms with Crippen molar-refractivity contribution in [1.29, 1.82) is 0 Å². The summed E-state index contributed by atoms with van der Waals surface area (Å²) < 4.78 is 0. The molecular formula is C23H30N2O2S.